The van der Waals surface area contributed by atoms with Crippen molar-refractivity contribution < 1.29 is 4.92 Å². The van der Waals surface area contributed by atoms with E-state index in [0.717, 1.165) is 29.3 Å². The summed E-state index contributed by atoms with van der Waals surface area (Å²) >= 11 is 0. The maximum atomic E-state index is 10.9. The SMILES string of the molecule is CCNC(=NCc1cccc([N+](=O)[O-])c1)N(C)Cc1cn(C)nc1C(C)C. The molecule has 2 aromatic rings. The lowest BCUT2D eigenvalue weighted by Gasteiger charge is -2.22. The maximum Gasteiger partial charge on any atom is 0.269 e. The summed E-state index contributed by atoms with van der Waals surface area (Å²) in [6, 6.07) is 6.58. The minimum Gasteiger partial charge on any atom is -0.357 e. The van der Waals surface area contributed by atoms with E-state index in [0.29, 0.717) is 19.0 Å². The Labute approximate surface area is 160 Å². The molecule has 1 aromatic heterocycles. The normalized spacial score (nSPS) is 11.7. The van der Waals surface area contributed by atoms with Gasteiger partial charge in [-0.3, -0.25) is 14.8 Å². The van der Waals surface area contributed by atoms with E-state index >= 15 is 0 Å². The highest BCUT2D eigenvalue weighted by Crippen LogP contribution is 2.19. The van der Waals surface area contributed by atoms with Crippen LogP contribution in [0.1, 0.15) is 43.5 Å². The number of nitro benzene ring substituents is 1. The zero-order valence-electron chi connectivity index (χ0n) is 16.6. The minimum atomic E-state index is -0.389. The van der Waals surface area contributed by atoms with Crippen LogP contribution in [-0.4, -0.2) is 39.2 Å². The molecule has 0 aliphatic carbocycles. The number of aliphatic imine (C=N–C) groups is 1. The van der Waals surface area contributed by atoms with Crippen LogP contribution in [0.4, 0.5) is 5.69 Å². The van der Waals surface area contributed by atoms with Crippen LogP contribution < -0.4 is 5.32 Å². The lowest BCUT2D eigenvalue weighted by Crippen LogP contribution is -2.38. The number of nitro groups is 1. The fourth-order valence-corrected chi connectivity index (χ4v) is 2.90. The van der Waals surface area contributed by atoms with Gasteiger partial charge >= 0.3 is 0 Å². The number of aromatic nitrogens is 2. The van der Waals surface area contributed by atoms with E-state index in [2.05, 4.69) is 29.3 Å². The molecule has 0 amide bonds. The van der Waals surface area contributed by atoms with E-state index in [1.807, 2.05) is 42.9 Å². The van der Waals surface area contributed by atoms with Crippen molar-refractivity contribution in [2.75, 3.05) is 13.6 Å². The highest BCUT2D eigenvalue weighted by molar-refractivity contribution is 5.79. The van der Waals surface area contributed by atoms with Gasteiger partial charge < -0.3 is 10.2 Å². The fourth-order valence-electron chi connectivity index (χ4n) is 2.90. The third-order valence-electron chi connectivity index (χ3n) is 4.12. The van der Waals surface area contributed by atoms with Gasteiger partial charge in [0.15, 0.2) is 5.96 Å². The van der Waals surface area contributed by atoms with Crippen molar-refractivity contribution in [3.63, 3.8) is 0 Å². The van der Waals surface area contributed by atoms with Crippen LogP contribution in [-0.2, 0) is 20.1 Å². The summed E-state index contributed by atoms with van der Waals surface area (Å²) in [6.07, 6.45) is 2.04. The van der Waals surface area contributed by atoms with E-state index in [1.54, 1.807) is 12.1 Å². The third kappa shape index (κ3) is 5.54. The quantitative estimate of drug-likeness (QED) is 0.349. The molecule has 1 aromatic carbocycles. The predicted molar refractivity (Wildman–Crippen MR) is 107 cm³/mol. The van der Waals surface area contributed by atoms with Crippen LogP contribution in [0.15, 0.2) is 35.5 Å². The van der Waals surface area contributed by atoms with Gasteiger partial charge in [0.2, 0.25) is 0 Å². The van der Waals surface area contributed by atoms with E-state index in [4.69, 9.17) is 0 Å². The molecule has 0 aliphatic heterocycles. The first-order valence-electron chi connectivity index (χ1n) is 9.07. The summed E-state index contributed by atoms with van der Waals surface area (Å²) in [6.45, 7) is 8.07. The van der Waals surface area contributed by atoms with Crippen molar-refractivity contribution in [2.45, 2.75) is 39.8 Å². The molecule has 0 unspecified atom stereocenters. The number of benzene rings is 1. The van der Waals surface area contributed by atoms with Gasteiger partial charge in [0.05, 0.1) is 17.2 Å². The van der Waals surface area contributed by atoms with E-state index in [9.17, 15) is 10.1 Å². The Morgan fingerprint density at radius 1 is 1.44 bits per heavy atom. The molecule has 8 heteroatoms. The van der Waals surface area contributed by atoms with Crippen LogP contribution in [0.3, 0.4) is 0 Å². The molecule has 0 saturated heterocycles. The average molecular weight is 372 g/mol. The Bertz CT molecular complexity index is 812. The predicted octanol–water partition coefficient (Wildman–Crippen LogP) is 3.05. The zero-order chi connectivity index (χ0) is 20.0. The van der Waals surface area contributed by atoms with Gasteiger partial charge in [-0.2, -0.15) is 5.10 Å². The third-order valence-corrected chi connectivity index (χ3v) is 4.12. The molecule has 8 nitrogen and oxygen atoms in total. The average Bonchev–Trinajstić information content (AvgIpc) is 2.99. The number of rotatable bonds is 7. The summed E-state index contributed by atoms with van der Waals surface area (Å²) in [4.78, 5) is 17.2. The first kappa shape index (κ1) is 20.4. The Hall–Kier alpha value is -2.90. The summed E-state index contributed by atoms with van der Waals surface area (Å²) in [7, 11) is 3.91. The van der Waals surface area contributed by atoms with Crippen molar-refractivity contribution in [3.8, 4) is 0 Å². The first-order chi connectivity index (χ1) is 12.8. The zero-order valence-corrected chi connectivity index (χ0v) is 16.6. The number of hydrogen-bond donors (Lipinski definition) is 1. The summed E-state index contributed by atoms with van der Waals surface area (Å²) in [5.74, 6) is 1.10. The number of nitrogens with one attached hydrogen (secondary N) is 1. The molecule has 146 valence electrons. The van der Waals surface area contributed by atoms with E-state index in [1.165, 1.54) is 6.07 Å². The van der Waals surface area contributed by atoms with Crippen LogP contribution >= 0.6 is 0 Å². The second-order valence-electron chi connectivity index (χ2n) is 6.82. The number of guanidine groups is 1. The number of aryl methyl sites for hydroxylation is 1. The lowest BCUT2D eigenvalue weighted by atomic mass is 10.1. The highest BCUT2D eigenvalue weighted by Gasteiger charge is 2.15. The first-order valence-corrected chi connectivity index (χ1v) is 9.07. The van der Waals surface area contributed by atoms with E-state index < -0.39 is 0 Å². The molecule has 0 aliphatic rings. The van der Waals surface area contributed by atoms with Crippen LogP contribution in [0.5, 0.6) is 0 Å². The smallest absolute Gasteiger partial charge is 0.269 e. The lowest BCUT2D eigenvalue weighted by molar-refractivity contribution is -0.384. The van der Waals surface area contributed by atoms with Crippen LogP contribution in [0.2, 0.25) is 0 Å². The largest absolute Gasteiger partial charge is 0.357 e. The molecule has 0 atom stereocenters. The van der Waals surface area contributed by atoms with Gasteiger partial charge in [-0.05, 0) is 18.4 Å². The summed E-state index contributed by atoms with van der Waals surface area (Å²) in [5, 5.41) is 18.8. The molecule has 0 radical (unpaired) electrons. The minimum absolute atomic E-state index is 0.0815. The topological polar surface area (TPSA) is 88.6 Å². The molecular weight excluding hydrogens is 344 g/mol. The van der Waals surface area contributed by atoms with Gasteiger partial charge in [0, 0.05) is 51.1 Å². The molecule has 0 bridgehead atoms. The fraction of sp³-hybridized carbons (Fsp3) is 0.474. The molecule has 2 rings (SSSR count). The van der Waals surface area contributed by atoms with Crippen molar-refractivity contribution in [2.24, 2.45) is 12.0 Å². The summed E-state index contributed by atoms with van der Waals surface area (Å²) in [5.41, 5.74) is 3.13. The second-order valence-corrected chi connectivity index (χ2v) is 6.82. The van der Waals surface area contributed by atoms with Gasteiger partial charge in [0.25, 0.3) is 5.69 Å². The Morgan fingerprint density at radius 2 is 2.19 bits per heavy atom. The highest BCUT2D eigenvalue weighted by atomic mass is 16.6. The van der Waals surface area contributed by atoms with Crippen molar-refractivity contribution in [1.82, 2.24) is 20.0 Å². The molecule has 0 spiro atoms. The van der Waals surface area contributed by atoms with Gasteiger partial charge in [-0.25, -0.2) is 4.99 Å². The van der Waals surface area contributed by atoms with Crippen molar-refractivity contribution in [1.29, 1.82) is 0 Å². The molecule has 1 N–H and O–H groups in total. The number of nitrogens with zero attached hydrogens (tertiary/aromatic N) is 5. The van der Waals surface area contributed by atoms with Gasteiger partial charge in [0.1, 0.15) is 0 Å². The molecule has 0 fully saturated rings. The van der Waals surface area contributed by atoms with E-state index in [-0.39, 0.29) is 10.6 Å². The molecule has 27 heavy (non-hydrogen) atoms. The standard InChI is InChI=1S/C19H28N6O2/c1-6-20-19(21-11-15-8-7-9-17(10-15)25(26)27)23(4)12-16-13-24(5)22-18(16)14(2)3/h7-10,13-14H,6,11-12H2,1-5H3,(H,20,21). The van der Waals surface area contributed by atoms with Crippen LogP contribution in [0.25, 0.3) is 0 Å². The maximum absolute atomic E-state index is 10.9. The molecule has 0 saturated carbocycles. The van der Waals surface area contributed by atoms with Crippen molar-refractivity contribution >= 4 is 11.6 Å². The Kier molecular flexibility index (Phi) is 6.92. The monoisotopic (exact) mass is 372 g/mol. The number of hydrogen-bond acceptors (Lipinski definition) is 4. The number of non-ortho nitro benzene ring substituents is 1. The Morgan fingerprint density at radius 3 is 2.81 bits per heavy atom. The van der Waals surface area contributed by atoms with Gasteiger partial charge in [-0.1, -0.05) is 26.0 Å². The molecule has 1 heterocycles. The Balaban J connectivity index is 2.17. The van der Waals surface area contributed by atoms with Crippen molar-refractivity contribution in [3.05, 3.63) is 57.4 Å². The van der Waals surface area contributed by atoms with Crippen LogP contribution in [0, 0.1) is 10.1 Å². The second kappa shape index (κ2) is 9.16. The summed E-state index contributed by atoms with van der Waals surface area (Å²) < 4.78 is 1.84. The van der Waals surface area contributed by atoms with Gasteiger partial charge in [-0.15, -0.1) is 0 Å². The molecular formula is C19H28N6O2.